The lowest BCUT2D eigenvalue weighted by Crippen LogP contribution is -2.40. The predicted molar refractivity (Wildman–Crippen MR) is 101 cm³/mol. The Bertz CT molecular complexity index is 1050. The maximum atomic E-state index is 6.14. The summed E-state index contributed by atoms with van der Waals surface area (Å²) in [5, 5.41) is 1.15. The van der Waals surface area contributed by atoms with Gasteiger partial charge in [0.2, 0.25) is 0 Å². The molecule has 25 heavy (non-hydrogen) atoms. The lowest BCUT2D eigenvalue weighted by atomic mass is 9.75. The number of aromatic nitrogens is 1. The Balaban J connectivity index is 1.75. The summed E-state index contributed by atoms with van der Waals surface area (Å²) in [7, 11) is 1.65. The smallest absolute Gasteiger partial charge is 0.519 e. The van der Waals surface area contributed by atoms with Crippen LogP contribution in [0.4, 0.5) is 0 Å². The van der Waals surface area contributed by atoms with Crippen LogP contribution in [0.1, 0.15) is 0 Å². The Morgan fingerprint density at radius 1 is 0.720 bits per heavy atom. The first-order valence-corrected chi connectivity index (χ1v) is 8.38. The zero-order valence-corrected chi connectivity index (χ0v) is 13.8. The van der Waals surface area contributed by atoms with Gasteiger partial charge >= 0.3 is 7.12 Å². The van der Waals surface area contributed by atoms with Crippen LogP contribution in [-0.2, 0) is 7.05 Å². The van der Waals surface area contributed by atoms with Gasteiger partial charge in [0.1, 0.15) is 11.5 Å². The average molecular weight is 325 g/mol. The third-order valence-electron chi connectivity index (χ3n) is 4.75. The van der Waals surface area contributed by atoms with E-state index in [4.69, 9.17) is 9.31 Å². The average Bonchev–Trinajstić information content (AvgIpc) is 3.21. The highest BCUT2D eigenvalue weighted by atomic mass is 16.6. The molecule has 0 radical (unpaired) electrons. The first kappa shape index (κ1) is 14.2. The molecule has 1 aliphatic rings. The summed E-state index contributed by atoms with van der Waals surface area (Å²) in [6, 6.07) is 26.6. The van der Waals surface area contributed by atoms with Gasteiger partial charge in [0.25, 0.3) is 0 Å². The number of hydrogen-bond donors (Lipinski definition) is 0. The van der Waals surface area contributed by atoms with Crippen molar-refractivity contribution in [1.29, 1.82) is 0 Å². The Labute approximate surface area is 146 Å². The van der Waals surface area contributed by atoms with Crippen molar-refractivity contribution in [2.24, 2.45) is 7.05 Å². The summed E-state index contributed by atoms with van der Waals surface area (Å²) in [5.74, 6) is 1.58. The monoisotopic (exact) mass is 325 g/mol. The van der Waals surface area contributed by atoms with E-state index in [9.17, 15) is 0 Å². The molecule has 5 rings (SSSR count). The standard InChI is InChI=1S/C21H16BNO2/c1-23-17-12-6-5-11-16(17)20(21(23)15-9-3-2-4-10-15)22-24-18-13-7-8-14-19(18)25-22/h2-14H,1H3. The molecule has 2 heterocycles. The van der Waals surface area contributed by atoms with E-state index in [1.807, 2.05) is 30.3 Å². The topological polar surface area (TPSA) is 23.4 Å². The molecular formula is C21H16BNO2. The number of aryl methyl sites for hydroxylation is 1. The molecule has 0 saturated heterocycles. The third-order valence-corrected chi connectivity index (χ3v) is 4.75. The molecule has 3 aromatic carbocycles. The summed E-state index contributed by atoms with van der Waals surface area (Å²) in [6.07, 6.45) is 0. The van der Waals surface area contributed by atoms with Crippen molar-refractivity contribution in [2.75, 3.05) is 0 Å². The van der Waals surface area contributed by atoms with Gasteiger partial charge in [-0.05, 0) is 23.8 Å². The molecule has 0 aliphatic carbocycles. The number of rotatable bonds is 2. The molecule has 1 aromatic heterocycles. The van der Waals surface area contributed by atoms with Gasteiger partial charge < -0.3 is 13.9 Å². The molecule has 4 heteroatoms. The Kier molecular flexibility index (Phi) is 3.10. The molecule has 0 spiro atoms. The van der Waals surface area contributed by atoms with Crippen molar-refractivity contribution in [1.82, 2.24) is 4.57 Å². The number of fused-ring (bicyclic) bond motifs is 2. The maximum absolute atomic E-state index is 6.14. The van der Waals surface area contributed by atoms with Crippen LogP contribution in [0.25, 0.3) is 22.2 Å². The summed E-state index contributed by atoms with van der Waals surface area (Å²) >= 11 is 0. The minimum absolute atomic E-state index is 0.446. The van der Waals surface area contributed by atoms with Crippen molar-refractivity contribution < 1.29 is 9.31 Å². The second-order valence-electron chi connectivity index (χ2n) is 6.22. The second kappa shape index (κ2) is 5.45. The van der Waals surface area contributed by atoms with Gasteiger partial charge in [-0.1, -0.05) is 60.7 Å². The summed E-state index contributed by atoms with van der Waals surface area (Å²) in [6.45, 7) is 0. The Morgan fingerprint density at radius 3 is 2.04 bits per heavy atom. The number of hydrogen-bond acceptors (Lipinski definition) is 2. The molecule has 0 saturated carbocycles. The van der Waals surface area contributed by atoms with Gasteiger partial charge in [0.15, 0.2) is 0 Å². The second-order valence-corrected chi connectivity index (χ2v) is 6.22. The number of nitrogens with zero attached hydrogens (tertiary/aromatic N) is 1. The van der Waals surface area contributed by atoms with Crippen LogP contribution in [-0.4, -0.2) is 11.7 Å². The van der Waals surface area contributed by atoms with Crippen LogP contribution >= 0.6 is 0 Å². The van der Waals surface area contributed by atoms with Crippen molar-refractivity contribution in [3.05, 3.63) is 78.9 Å². The zero-order valence-electron chi connectivity index (χ0n) is 13.8. The quantitative estimate of drug-likeness (QED) is 0.520. The van der Waals surface area contributed by atoms with E-state index in [0.717, 1.165) is 33.6 Å². The van der Waals surface area contributed by atoms with Gasteiger partial charge in [-0.3, -0.25) is 0 Å². The van der Waals surface area contributed by atoms with Crippen LogP contribution in [0.15, 0.2) is 78.9 Å². The molecule has 0 fully saturated rings. The van der Waals surface area contributed by atoms with Crippen molar-refractivity contribution in [2.45, 2.75) is 0 Å². The van der Waals surface area contributed by atoms with E-state index in [-0.39, 0.29) is 0 Å². The molecule has 0 unspecified atom stereocenters. The third kappa shape index (κ3) is 2.14. The fourth-order valence-corrected chi connectivity index (χ4v) is 3.62. The maximum Gasteiger partial charge on any atom is 0.635 e. The first-order chi connectivity index (χ1) is 12.3. The lowest BCUT2D eigenvalue weighted by molar-refractivity contribution is 0.519. The molecule has 0 bridgehead atoms. The summed E-state index contributed by atoms with van der Waals surface area (Å²) in [5.41, 5.74) is 4.51. The minimum atomic E-state index is -0.446. The van der Waals surface area contributed by atoms with Gasteiger partial charge in [0, 0.05) is 23.4 Å². The highest BCUT2D eigenvalue weighted by molar-refractivity contribution is 6.68. The van der Waals surface area contributed by atoms with Gasteiger partial charge in [-0.2, -0.15) is 0 Å². The molecule has 120 valence electrons. The zero-order chi connectivity index (χ0) is 16.8. The van der Waals surface area contributed by atoms with Crippen LogP contribution in [0, 0.1) is 0 Å². The van der Waals surface area contributed by atoms with Gasteiger partial charge in [-0.15, -0.1) is 0 Å². The number of para-hydroxylation sites is 3. The molecule has 0 amide bonds. The van der Waals surface area contributed by atoms with Crippen LogP contribution < -0.4 is 14.8 Å². The molecule has 0 N–H and O–H groups in total. The van der Waals surface area contributed by atoms with E-state index in [2.05, 4.69) is 60.1 Å². The summed E-state index contributed by atoms with van der Waals surface area (Å²) in [4.78, 5) is 0. The highest BCUT2D eigenvalue weighted by Crippen LogP contribution is 2.35. The minimum Gasteiger partial charge on any atom is -0.519 e. The Morgan fingerprint density at radius 2 is 1.32 bits per heavy atom. The van der Waals surface area contributed by atoms with Gasteiger partial charge in [0.05, 0.1) is 5.69 Å². The fourth-order valence-electron chi connectivity index (χ4n) is 3.62. The molecule has 3 nitrogen and oxygen atoms in total. The van der Waals surface area contributed by atoms with Crippen LogP contribution in [0.2, 0.25) is 0 Å². The first-order valence-electron chi connectivity index (χ1n) is 8.38. The van der Waals surface area contributed by atoms with E-state index < -0.39 is 7.12 Å². The van der Waals surface area contributed by atoms with E-state index >= 15 is 0 Å². The van der Waals surface area contributed by atoms with Crippen LogP contribution in [0.5, 0.6) is 11.5 Å². The van der Waals surface area contributed by atoms with Crippen molar-refractivity contribution >= 4 is 23.5 Å². The van der Waals surface area contributed by atoms with Crippen molar-refractivity contribution in [3.8, 4) is 22.8 Å². The van der Waals surface area contributed by atoms with Crippen LogP contribution in [0.3, 0.4) is 0 Å². The lowest BCUT2D eigenvalue weighted by Gasteiger charge is -2.10. The molecule has 0 atom stereocenters. The number of benzene rings is 3. The molecule has 4 aromatic rings. The van der Waals surface area contributed by atoms with E-state index in [0.29, 0.717) is 0 Å². The highest BCUT2D eigenvalue weighted by Gasteiger charge is 2.39. The van der Waals surface area contributed by atoms with E-state index in [1.165, 1.54) is 5.52 Å². The SMILES string of the molecule is Cn1c(-c2ccccc2)c(B2Oc3ccccc3O2)c2ccccc21. The van der Waals surface area contributed by atoms with Gasteiger partial charge in [-0.25, -0.2) is 0 Å². The van der Waals surface area contributed by atoms with Crippen molar-refractivity contribution in [3.63, 3.8) is 0 Å². The Hall–Kier alpha value is -3.14. The van der Waals surface area contributed by atoms with E-state index in [1.54, 1.807) is 0 Å². The molecule has 1 aliphatic heterocycles. The predicted octanol–water partition coefficient (Wildman–Crippen LogP) is 4.01. The fraction of sp³-hybridized carbons (Fsp3) is 0.0476. The summed E-state index contributed by atoms with van der Waals surface area (Å²) < 4.78 is 14.5. The largest absolute Gasteiger partial charge is 0.635 e. The normalized spacial score (nSPS) is 12.8. The molecular weight excluding hydrogens is 309 g/mol.